The molecule has 2 N–H and O–H groups in total. The van der Waals surface area contributed by atoms with Gasteiger partial charge in [-0.3, -0.25) is 9.59 Å². The molecule has 0 radical (unpaired) electrons. The van der Waals surface area contributed by atoms with E-state index >= 15 is 0 Å². The molecule has 2 unspecified atom stereocenters. The van der Waals surface area contributed by atoms with Gasteiger partial charge in [-0.05, 0) is 17.8 Å². The molecule has 0 bridgehead atoms. The number of carboxylic acid groups (broad SMARTS) is 1. The van der Waals surface area contributed by atoms with Gasteiger partial charge >= 0.3 is 5.97 Å². The third-order valence-corrected chi connectivity index (χ3v) is 3.59. The van der Waals surface area contributed by atoms with Crippen molar-refractivity contribution >= 4 is 11.9 Å². The maximum absolute atomic E-state index is 11.9. The minimum absolute atomic E-state index is 0.152. The van der Waals surface area contributed by atoms with Gasteiger partial charge in [0.15, 0.2) is 0 Å². The Balaban J connectivity index is 2.18. The summed E-state index contributed by atoms with van der Waals surface area (Å²) >= 11 is 0. The van der Waals surface area contributed by atoms with Crippen molar-refractivity contribution in [3.05, 3.63) is 0 Å². The summed E-state index contributed by atoms with van der Waals surface area (Å²) in [5.41, 5.74) is -0.427. The van der Waals surface area contributed by atoms with Crippen molar-refractivity contribution in [2.75, 3.05) is 19.8 Å². The first kappa shape index (κ1) is 16.0. The van der Waals surface area contributed by atoms with Crippen LogP contribution in [0.1, 0.15) is 34.1 Å². The molecular formula is C14H25NO4. The molecule has 1 fully saturated rings. The van der Waals surface area contributed by atoms with Crippen molar-refractivity contribution in [1.82, 2.24) is 5.32 Å². The van der Waals surface area contributed by atoms with Crippen molar-refractivity contribution in [3.63, 3.8) is 0 Å². The average molecular weight is 271 g/mol. The van der Waals surface area contributed by atoms with Gasteiger partial charge in [0.2, 0.25) is 5.91 Å². The fourth-order valence-corrected chi connectivity index (χ4v) is 2.40. The summed E-state index contributed by atoms with van der Waals surface area (Å²) < 4.78 is 5.41. The number of hydrogen-bond acceptors (Lipinski definition) is 3. The van der Waals surface area contributed by atoms with Crippen LogP contribution in [-0.4, -0.2) is 36.7 Å². The van der Waals surface area contributed by atoms with E-state index in [2.05, 4.69) is 19.2 Å². The second kappa shape index (κ2) is 6.37. The summed E-state index contributed by atoms with van der Waals surface area (Å²) in [6, 6.07) is 0. The lowest BCUT2D eigenvalue weighted by Gasteiger charge is -2.08. The monoisotopic (exact) mass is 271 g/mol. The molecule has 0 aromatic carbocycles. The second-order valence-corrected chi connectivity index (χ2v) is 6.23. The van der Waals surface area contributed by atoms with E-state index in [1.54, 1.807) is 0 Å². The van der Waals surface area contributed by atoms with E-state index in [1.807, 2.05) is 13.8 Å². The van der Waals surface area contributed by atoms with Crippen LogP contribution in [0, 0.1) is 23.2 Å². The van der Waals surface area contributed by atoms with Crippen LogP contribution in [0.15, 0.2) is 0 Å². The van der Waals surface area contributed by atoms with Gasteiger partial charge in [-0.2, -0.15) is 0 Å². The zero-order valence-electron chi connectivity index (χ0n) is 12.2. The lowest BCUT2D eigenvalue weighted by atomic mass is 10.1. The molecule has 0 aromatic rings. The highest BCUT2D eigenvalue weighted by Gasteiger charge is 2.65. The molecule has 5 heteroatoms. The SMILES string of the molecule is CC(C)COCCCNC(=O)C1C(C(=O)O)C1(C)C. The molecule has 1 rings (SSSR count). The maximum Gasteiger partial charge on any atom is 0.307 e. The summed E-state index contributed by atoms with van der Waals surface area (Å²) in [6.07, 6.45) is 0.753. The first-order valence-electron chi connectivity index (χ1n) is 6.86. The van der Waals surface area contributed by atoms with Crippen molar-refractivity contribution in [2.45, 2.75) is 34.1 Å². The standard InChI is InChI=1S/C14H25NO4/c1-9(2)8-19-7-5-6-15-12(16)10-11(13(17)18)14(10,3)4/h9-11H,5-8H2,1-4H3,(H,15,16)(H,17,18). The fraction of sp³-hybridized carbons (Fsp3) is 0.857. The molecule has 0 heterocycles. The van der Waals surface area contributed by atoms with Crippen molar-refractivity contribution in [2.24, 2.45) is 23.2 Å². The van der Waals surface area contributed by atoms with E-state index in [1.165, 1.54) is 0 Å². The van der Waals surface area contributed by atoms with Gasteiger partial charge in [0, 0.05) is 19.8 Å². The Morgan fingerprint density at radius 1 is 1.32 bits per heavy atom. The van der Waals surface area contributed by atoms with Crippen LogP contribution in [0.3, 0.4) is 0 Å². The Morgan fingerprint density at radius 2 is 1.95 bits per heavy atom. The van der Waals surface area contributed by atoms with E-state index in [9.17, 15) is 9.59 Å². The van der Waals surface area contributed by atoms with Crippen LogP contribution >= 0.6 is 0 Å². The summed E-state index contributed by atoms with van der Waals surface area (Å²) in [6.45, 7) is 9.70. The molecule has 110 valence electrons. The molecular weight excluding hydrogens is 246 g/mol. The van der Waals surface area contributed by atoms with Crippen LogP contribution in [0.2, 0.25) is 0 Å². The Hall–Kier alpha value is -1.10. The number of ether oxygens (including phenoxy) is 1. The highest BCUT2D eigenvalue weighted by Crippen LogP contribution is 2.58. The molecule has 5 nitrogen and oxygen atoms in total. The maximum atomic E-state index is 11.9. The predicted molar refractivity (Wildman–Crippen MR) is 71.7 cm³/mol. The average Bonchev–Trinajstić information content (AvgIpc) is 2.86. The van der Waals surface area contributed by atoms with E-state index in [4.69, 9.17) is 9.84 Å². The highest BCUT2D eigenvalue weighted by molar-refractivity contribution is 5.91. The summed E-state index contributed by atoms with van der Waals surface area (Å²) in [7, 11) is 0. The number of aliphatic carboxylic acids is 1. The molecule has 19 heavy (non-hydrogen) atoms. The number of hydrogen-bond donors (Lipinski definition) is 2. The summed E-state index contributed by atoms with van der Waals surface area (Å²) in [5, 5.41) is 11.8. The third kappa shape index (κ3) is 4.20. The summed E-state index contributed by atoms with van der Waals surface area (Å²) in [4.78, 5) is 22.8. The van der Waals surface area contributed by atoms with Crippen molar-refractivity contribution in [1.29, 1.82) is 0 Å². The smallest absolute Gasteiger partial charge is 0.307 e. The number of nitrogens with one attached hydrogen (secondary N) is 1. The van der Waals surface area contributed by atoms with Gasteiger partial charge in [-0.1, -0.05) is 27.7 Å². The molecule has 2 atom stereocenters. The first-order chi connectivity index (χ1) is 8.78. The molecule has 0 spiro atoms. The normalized spacial score (nSPS) is 24.3. The zero-order valence-corrected chi connectivity index (χ0v) is 12.2. The van der Waals surface area contributed by atoms with E-state index in [-0.39, 0.29) is 5.91 Å². The molecule has 1 aliphatic rings. The van der Waals surface area contributed by atoms with Crippen LogP contribution in [0.4, 0.5) is 0 Å². The molecule has 1 aliphatic carbocycles. The fourth-order valence-electron chi connectivity index (χ4n) is 2.40. The van der Waals surface area contributed by atoms with Crippen molar-refractivity contribution < 1.29 is 19.4 Å². The molecule has 1 amide bonds. The number of carboxylic acids is 1. The van der Waals surface area contributed by atoms with Gasteiger partial charge in [-0.15, -0.1) is 0 Å². The Bertz CT molecular complexity index is 338. The van der Waals surface area contributed by atoms with Gasteiger partial charge in [-0.25, -0.2) is 0 Å². The molecule has 0 aromatic heterocycles. The minimum Gasteiger partial charge on any atom is -0.481 e. The van der Waals surface area contributed by atoms with Gasteiger partial charge in [0.1, 0.15) is 0 Å². The number of carbonyl (C=O) groups is 2. The predicted octanol–water partition coefficient (Wildman–Crippen LogP) is 1.52. The number of carbonyl (C=O) groups excluding carboxylic acids is 1. The van der Waals surface area contributed by atoms with Crippen LogP contribution in [0.5, 0.6) is 0 Å². The Kier molecular flexibility index (Phi) is 5.35. The minimum atomic E-state index is -0.884. The molecule has 0 saturated heterocycles. The largest absolute Gasteiger partial charge is 0.481 e. The zero-order chi connectivity index (χ0) is 14.6. The molecule has 1 saturated carbocycles. The quantitative estimate of drug-likeness (QED) is 0.656. The van der Waals surface area contributed by atoms with Gasteiger partial charge in [0.05, 0.1) is 11.8 Å². The molecule has 0 aliphatic heterocycles. The summed E-state index contributed by atoms with van der Waals surface area (Å²) in [5.74, 6) is -1.48. The Morgan fingerprint density at radius 3 is 2.42 bits per heavy atom. The topological polar surface area (TPSA) is 75.6 Å². The van der Waals surface area contributed by atoms with Crippen LogP contribution < -0.4 is 5.32 Å². The highest BCUT2D eigenvalue weighted by atomic mass is 16.5. The lowest BCUT2D eigenvalue weighted by Crippen LogP contribution is -2.29. The second-order valence-electron chi connectivity index (χ2n) is 6.23. The lowest BCUT2D eigenvalue weighted by molar-refractivity contribution is -0.140. The Labute approximate surface area is 114 Å². The van der Waals surface area contributed by atoms with Crippen molar-refractivity contribution in [3.8, 4) is 0 Å². The van der Waals surface area contributed by atoms with E-state index in [0.29, 0.717) is 19.1 Å². The van der Waals surface area contributed by atoms with Gasteiger partial charge < -0.3 is 15.2 Å². The number of rotatable bonds is 8. The van der Waals surface area contributed by atoms with E-state index < -0.39 is 23.2 Å². The first-order valence-corrected chi connectivity index (χ1v) is 6.86. The number of amides is 1. The third-order valence-electron chi connectivity index (χ3n) is 3.59. The van der Waals surface area contributed by atoms with Crippen LogP contribution in [0.25, 0.3) is 0 Å². The van der Waals surface area contributed by atoms with Gasteiger partial charge in [0.25, 0.3) is 0 Å². The van der Waals surface area contributed by atoms with E-state index in [0.717, 1.165) is 13.0 Å². The van der Waals surface area contributed by atoms with Crippen LogP contribution in [-0.2, 0) is 14.3 Å².